The van der Waals surface area contributed by atoms with Gasteiger partial charge in [0.15, 0.2) is 5.96 Å². The van der Waals surface area contributed by atoms with Crippen LogP contribution in [0.1, 0.15) is 37.7 Å². The van der Waals surface area contributed by atoms with Crippen molar-refractivity contribution >= 4 is 35.8 Å². The molecule has 0 heterocycles. The molecule has 2 N–H and O–H groups in total. The van der Waals surface area contributed by atoms with Crippen molar-refractivity contribution in [3.05, 3.63) is 35.6 Å². The average molecular weight is 462 g/mol. The Morgan fingerprint density at radius 3 is 2.64 bits per heavy atom. The van der Waals surface area contributed by atoms with E-state index in [-0.39, 0.29) is 42.2 Å². The minimum atomic E-state index is -0.264. The summed E-state index contributed by atoms with van der Waals surface area (Å²) in [6, 6.07) is 6.80. The fraction of sp³-hybridized carbons (Fsp3) is 0.556. The number of hydrogen-bond donors (Lipinski definition) is 2. The number of amides is 1. The molecule has 5 nitrogen and oxygen atoms in total. The van der Waals surface area contributed by atoms with Gasteiger partial charge in [0.05, 0.1) is 13.1 Å². The molecule has 1 aliphatic rings. The van der Waals surface area contributed by atoms with Crippen molar-refractivity contribution < 1.29 is 9.18 Å². The van der Waals surface area contributed by atoms with Crippen LogP contribution in [0.15, 0.2) is 29.3 Å². The van der Waals surface area contributed by atoms with E-state index in [1.165, 1.54) is 36.3 Å². The first-order valence-corrected chi connectivity index (χ1v) is 8.54. The summed E-state index contributed by atoms with van der Waals surface area (Å²) in [6.45, 7) is 0.560. The summed E-state index contributed by atoms with van der Waals surface area (Å²) in [6.07, 6.45) is 5.93. The predicted molar refractivity (Wildman–Crippen MR) is 110 cm³/mol. The standard InChI is InChI=1S/C18H27FN4O.HI/c1-23(2)17(24)13-21-18(22-16-9-4-3-5-10-16)20-12-14-7-6-8-15(19)11-14;/h6-8,11,16H,3-5,9-10,12-13H2,1-2H3,(H2,20,21,22);1H. The molecule has 0 unspecified atom stereocenters. The summed E-state index contributed by atoms with van der Waals surface area (Å²) >= 11 is 0. The van der Waals surface area contributed by atoms with Crippen molar-refractivity contribution in [2.24, 2.45) is 4.99 Å². The number of likely N-dealkylation sites (N-methyl/N-ethyl adjacent to an activating group) is 1. The maximum Gasteiger partial charge on any atom is 0.241 e. The lowest BCUT2D eigenvalue weighted by molar-refractivity contribution is -0.127. The lowest BCUT2D eigenvalue weighted by Crippen LogP contribution is -2.47. The molecule has 0 radical (unpaired) electrons. The van der Waals surface area contributed by atoms with Crippen LogP contribution in [-0.4, -0.2) is 43.4 Å². The van der Waals surface area contributed by atoms with E-state index in [9.17, 15) is 9.18 Å². The van der Waals surface area contributed by atoms with Crippen LogP contribution in [0.25, 0.3) is 0 Å². The van der Waals surface area contributed by atoms with Crippen molar-refractivity contribution in [1.82, 2.24) is 15.5 Å². The average Bonchev–Trinajstić information content (AvgIpc) is 2.58. The molecule has 0 bridgehead atoms. The van der Waals surface area contributed by atoms with E-state index in [1.807, 2.05) is 6.07 Å². The molecule has 2 rings (SSSR count). The molecular weight excluding hydrogens is 434 g/mol. The first-order chi connectivity index (χ1) is 11.5. The van der Waals surface area contributed by atoms with Gasteiger partial charge in [-0.1, -0.05) is 31.4 Å². The van der Waals surface area contributed by atoms with Gasteiger partial charge in [0, 0.05) is 20.1 Å². The van der Waals surface area contributed by atoms with E-state index in [0.717, 1.165) is 18.4 Å². The van der Waals surface area contributed by atoms with Crippen LogP contribution < -0.4 is 10.6 Å². The largest absolute Gasteiger partial charge is 0.354 e. The summed E-state index contributed by atoms with van der Waals surface area (Å²) in [7, 11) is 3.45. The van der Waals surface area contributed by atoms with Crippen molar-refractivity contribution in [3.8, 4) is 0 Å². The predicted octanol–water partition coefficient (Wildman–Crippen LogP) is 2.90. The molecule has 0 saturated heterocycles. The molecule has 25 heavy (non-hydrogen) atoms. The molecule has 1 fully saturated rings. The Hall–Kier alpha value is -1.38. The van der Waals surface area contributed by atoms with Crippen molar-refractivity contribution in [2.45, 2.75) is 44.7 Å². The second kappa shape index (κ2) is 11.3. The summed E-state index contributed by atoms with van der Waals surface area (Å²) < 4.78 is 13.3. The molecule has 7 heteroatoms. The molecule has 1 aromatic rings. The topological polar surface area (TPSA) is 56.7 Å². The fourth-order valence-corrected chi connectivity index (χ4v) is 2.72. The van der Waals surface area contributed by atoms with Crippen molar-refractivity contribution in [3.63, 3.8) is 0 Å². The second-order valence-corrected chi connectivity index (χ2v) is 6.42. The van der Waals surface area contributed by atoms with Gasteiger partial charge in [0.25, 0.3) is 0 Å². The Balaban J connectivity index is 0.00000312. The van der Waals surface area contributed by atoms with Crippen LogP contribution in [0.3, 0.4) is 0 Å². The summed E-state index contributed by atoms with van der Waals surface area (Å²) in [5, 5.41) is 6.50. The molecule has 1 aliphatic carbocycles. The minimum absolute atomic E-state index is 0. The molecule has 0 spiro atoms. The molecule has 1 amide bonds. The van der Waals surface area contributed by atoms with E-state index in [1.54, 1.807) is 20.2 Å². The second-order valence-electron chi connectivity index (χ2n) is 6.42. The normalized spacial score (nSPS) is 15.2. The molecule has 0 aromatic heterocycles. The third-order valence-electron chi connectivity index (χ3n) is 4.16. The van der Waals surface area contributed by atoms with Crippen LogP contribution in [0.4, 0.5) is 4.39 Å². The zero-order valence-electron chi connectivity index (χ0n) is 14.9. The number of carbonyl (C=O) groups is 1. The number of hydrogen-bond acceptors (Lipinski definition) is 2. The van der Waals surface area contributed by atoms with E-state index in [0.29, 0.717) is 18.5 Å². The lowest BCUT2D eigenvalue weighted by atomic mass is 9.96. The highest BCUT2D eigenvalue weighted by atomic mass is 127. The Morgan fingerprint density at radius 2 is 2.00 bits per heavy atom. The van der Waals surface area contributed by atoms with Gasteiger partial charge in [-0.15, -0.1) is 24.0 Å². The minimum Gasteiger partial charge on any atom is -0.354 e. The van der Waals surface area contributed by atoms with Crippen molar-refractivity contribution in [1.29, 1.82) is 0 Å². The Kier molecular flexibility index (Phi) is 9.77. The molecule has 0 aliphatic heterocycles. The first-order valence-electron chi connectivity index (χ1n) is 8.54. The third kappa shape index (κ3) is 8.02. The number of guanidine groups is 1. The Bertz CT molecular complexity index is 574. The number of aliphatic imine (C=N–C) groups is 1. The highest BCUT2D eigenvalue weighted by Crippen LogP contribution is 2.17. The van der Waals surface area contributed by atoms with Crippen LogP contribution >= 0.6 is 24.0 Å². The van der Waals surface area contributed by atoms with Gasteiger partial charge in [0.2, 0.25) is 5.91 Å². The first kappa shape index (κ1) is 21.7. The van der Waals surface area contributed by atoms with Gasteiger partial charge in [0.1, 0.15) is 5.82 Å². The zero-order valence-corrected chi connectivity index (χ0v) is 17.3. The maximum atomic E-state index is 13.3. The SMILES string of the molecule is CN(C)C(=O)CNC(=NCc1cccc(F)c1)NC1CCCCC1.I. The van der Waals surface area contributed by atoms with Crippen LogP contribution in [0.5, 0.6) is 0 Å². The summed E-state index contributed by atoms with van der Waals surface area (Å²) in [5.41, 5.74) is 0.804. The Labute approximate surface area is 166 Å². The van der Waals surface area contributed by atoms with Crippen LogP contribution in [-0.2, 0) is 11.3 Å². The van der Waals surface area contributed by atoms with E-state index >= 15 is 0 Å². The van der Waals surface area contributed by atoms with Gasteiger partial charge in [-0.3, -0.25) is 4.79 Å². The maximum absolute atomic E-state index is 13.3. The van der Waals surface area contributed by atoms with Crippen LogP contribution in [0.2, 0.25) is 0 Å². The van der Waals surface area contributed by atoms with Gasteiger partial charge in [-0.2, -0.15) is 0 Å². The zero-order chi connectivity index (χ0) is 17.4. The quantitative estimate of drug-likeness (QED) is 0.402. The summed E-state index contributed by atoms with van der Waals surface area (Å²) in [5.74, 6) is 0.334. The monoisotopic (exact) mass is 462 g/mol. The molecule has 0 atom stereocenters. The van der Waals surface area contributed by atoms with E-state index < -0.39 is 0 Å². The highest BCUT2D eigenvalue weighted by Gasteiger charge is 2.15. The number of nitrogens with zero attached hydrogens (tertiary/aromatic N) is 2. The highest BCUT2D eigenvalue weighted by molar-refractivity contribution is 14.0. The molecule has 140 valence electrons. The van der Waals surface area contributed by atoms with E-state index in [2.05, 4.69) is 15.6 Å². The Morgan fingerprint density at radius 1 is 1.28 bits per heavy atom. The number of rotatable bonds is 5. The van der Waals surface area contributed by atoms with Gasteiger partial charge < -0.3 is 15.5 Å². The number of benzene rings is 1. The van der Waals surface area contributed by atoms with Crippen LogP contribution in [0, 0.1) is 5.82 Å². The van der Waals surface area contributed by atoms with E-state index in [4.69, 9.17) is 0 Å². The summed E-state index contributed by atoms with van der Waals surface area (Å²) in [4.78, 5) is 17.8. The molecule has 1 saturated carbocycles. The smallest absolute Gasteiger partial charge is 0.241 e. The van der Waals surface area contributed by atoms with Crippen molar-refractivity contribution in [2.75, 3.05) is 20.6 Å². The molecular formula is C18H28FIN4O. The van der Waals surface area contributed by atoms with Gasteiger partial charge in [-0.25, -0.2) is 9.38 Å². The van der Waals surface area contributed by atoms with Gasteiger partial charge in [-0.05, 0) is 30.5 Å². The number of halogens is 2. The molecule has 1 aromatic carbocycles. The third-order valence-corrected chi connectivity index (χ3v) is 4.16. The van der Waals surface area contributed by atoms with Gasteiger partial charge >= 0.3 is 0 Å². The number of nitrogens with one attached hydrogen (secondary N) is 2. The fourth-order valence-electron chi connectivity index (χ4n) is 2.72. The lowest BCUT2D eigenvalue weighted by Gasteiger charge is -2.25. The number of carbonyl (C=O) groups excluding carboxylic acids is 1.